The summed E-state index contributed by atoms with van der Waals surface area (Å²) in [4.78, 5) is 16.5. The molecule has 1 heterocycles. The predicted octanol–water partition coefficient (Wildman–Crippen LogP) is 4.84. The summed E-state index contributed by atoms with van der Waals surface area (Å²) in [6.45, 7) is 0. The highest BCUT2D eigenvalue weighted by Crippen LogP contribution is 2.34. The molecule has 0 aliphatic heterocycles. The molecule has 3 aromatic rings. The number of halogens is 3. The Morgan fingerprint density at radius 1 is 1.16 bits per heavy atom. The number of alkyl halides is 3. The number of ether oxygens (including phenoxy) is 1. The second-order valence-electron chi connectivity index (χ2n) is 7.32. The number of amides is 1. The van der Waals surface area contributed by atoms with Crippen molar-refractivity contribution < 1.29 is 31.4 Å². The molecule has 1 amide bonds. The molecule has 0 spiro atoms. The maximum atomic E-state index is 13.6. The number of nitrogens with zero attached hydrogens (tertiary/aromatic N) is 3. The van der Waals surface area contributed by atoms with E-state index in [2.05, 4.69) is 19.0 Å². The SMILES string of the molecule is COc1ccc(S(=O)(CC2CC2)=NC(=O)c2ccc(-c3noc(C(F)(F)F)n3)cc2)cc1. The average molecular weight is 465 g/mol. The molecule has 11 heteroatoms. The minimum Gasteiger partial charge on any atom is -0.497 e. The van der Waals surface area contributed by atoms with Gasteiger partial charge in [0.1, 0.15) is 5.75 Å². The molecule has 1 aliphatic rings. The summed E-state index contributed by atoms with van der Waals surface area (Å²) in [7, 11) is -1.48. The van der Waals surface area contributed by atoms with Crippen LogP contribution in [-0.4, -0.2) is 33.1 Å². The van der Waals surface area contributed by atoms with Crippen molar-refractivity contribution in [1.29, 1.82) is 0 Å². The van der Waals surface area contributed by atoms with Crippen LogP contribution in [0.2, 0.25) is 0 Å². The molecule has 32 heavy (non-hydrogen) atoms. The van der Waals surface area contributed by atoms with Gasteiger partial charge in [-0.05, 0) is 55.2 Å². The lowest BCUT2D eigenvalue weighted by molar-refractivity contribution is -0.159. The van der Waals surface area contributed by atoms with Crippen LogP contribution in [0.1, 0.15) is 29.1 Å². The number of hydrogen-bond donors (Lipinski definition) is 0. The van der Waals surface area contributed by atoms with E-state index in [1.165, 1.54) is 31.4 Å². The quantitative estimate of drug-likeness (QED) is 0.517. The lowest BCUT2D eigenvalue weighted by atomic mass is 10.1. The molecule has 1 aliphatic carbocycles. The summed E-state index contributed by atoms with van der Waals surface area (Å²) in [6.07, 6.45) is -2.87. The van der Waals surface area contributed by atoms with Crippen LogP contribution in [0.25, 0.3) is 11.4 Å². The first kappa shape index (κ1) is 22.0. The highest BCUT2D eigenvalue weighted by molar-refractivity contribution is 7.94. The average Bonchev–Trinajstić information content (AvgIpc) is 3.42. The van der Waals surface area contributed by atoms with Gasteiger partial charge in [0.25, 0.3) is 5.91 Å². The van der Waals surface area contributed by atoms with Gasteiger partial charge in [0.2, 0.25) is 5.82 Å². The van der Waals surface area contributed by atoms with Gasteiger partial charge in [0, 0.05) is 21.8 Å². The van der Waals surface area contributed by atoms with E-state index in [1.54, 1.807) is 24.3 Å². The molecule has 1 aromatic heterocycles. The molecule has 0 saturated heterocycles. The van der Waals surface area contributed by atoms with Gasteiger partial charge in [-0.15, -0.1) is 0 Å². The van der Waals surface area contributed by atoms with E-state index in [1.807, 2.05) is 0 Å². The first-order chi connectivity index (χ1) is 15.2. The van der Waals surface area contributed by atoms with E-state index in [4.69, 9.17) is 4.74 Å². The fraction of sp³-hybridized carbons (Fsp3) is 0.286. The van der Waals surface area contributed by atoms with Crippen LogP contribution in [0.4, 0.5) is 13.2 Å². The van der Waals surface area contributed by atoms with Gasteiger partial charge in [-0.25, -0.2) is 4.21 Å². The molecule has 7 nitrogen and oxygen atoms in total. The van der Waals surface area contributed by atoms with Gasteiger partial charge in [0.15, 0.2) is 0 Å². The van der Waals surface area contributed by atoms with E-state index < -0.39 is 27.7 Å². The van der Waals surface area contributed by atoms with Crippen molar-refractivity contribution in [2.75, 3.05) is 12.9 Å². The minimum absolute atomic E-state index is 0.144. The second-order valence-corrected chi connectivity index (χ2v) is 9.59. The minimum atomic E-state index is -4.75. The summed E-state index contributed by atoms with van der Waals surface area (Å²) in [5, 5.41) is 3.31. The van der Waals surface area contributed by atoms with Crippen molar-refractivity contribution in [3.63, 3.8) is 0 Å². The third kappa shape index (κ3) is 4.82. The lowest BCUT2D eigenvalue weighted by Gasteiger charge is -2.10. The number of benzene rings is 2. The van der Waals surface area contributed by atoms with Crippen molar-refractivity contribution in [2.24, 2.45) is 10.3 Å². The maximum Gasteiger partial charge on any atom is 0.471 e. The molecular weight excluding hydrogens is 447 g/mol. The Labute approximate surface area is 181 Å². The van der Waals surface area contributed by atoms with E-state index >= 15 is 0 Å². The first-order valence-electron chi connectivity index (χ1n) is 9.62. The number of aromatic nitrogens is 2. The molecule has 0 N–H and O–H groups in total. The second kappa shape index (κ2) is 8.38. The van der Waals surface area contributed by atoms with Crippen LogP contribution in [0.3, 0.4) is 0 Å². The van der Waals surface area contributed by atoms with Gasteiger partial charge in [-0.3, -0.25) is 4.79 Å². The number of carbonyl (C=O) groups excluding carboxylic acids is 1. The summed E-state index contributed by atoms with van der Waals surface area (Å²) in [5.41, 5.74) is 0.375. The fourth-order valence-electron chi connectivity index (χ4n) is 2.98. The molecule has 4 rings (SSSR count). The van der Waals surface area contributed by atoms with E-state index in [0.717, 1.165) is 12.8 Å². The zero-order valence-electron chi connectivity index (χ0n) is 16.8. The molecule has 2 aromatic carbocycles. The molecule has 1 fully saturated rings. The molecule has 1 saturated carbocycles. The Balaban J connectivity index is 1.61. The summed E-state index contributed by atoms with van der Waals surface area (Å²) < 4.78 is 65.0. The molecular formula is C21H18F3N3O4S. The van der Waals surface area contributed by atoms with E-state index in [0.29, 0.717) is 10.6 Å². The molecule has 1 atom stereocenters. The molecule has 0 bridgehead atoms. The number of carbonyl (C=O) groups is 1. The maximum absolute atomic E-state index is 13.6. The Morgan fingerprint density at radius 2 is 1.81 bits per heavy atom. The fourth-order valence-corrected chi connectivity index (χ4v) is 5.26. The lowest BCUT2D eigenvalue weighted by Crippen LogP contribution is -2.11. The Hall–Kier alpha value is -3.21. The Kier molecular flexibility index (Phi) is 5.76. The van der Waals surface area contributed by atoms with Crippen molar-refractivity contribution >= 4 is 15.6 Å². The van der Waals surface area contributed by atoms with Gasteiger partial charge in [0.05, 0.1) is 16.8 Å². The van der Waals surface area contributed by atoms with Crippen LogP contribution in [-0.2, 0) is 15.9 Å². The molecule has 168 valence electrons. The van der Waals surface area contributed by atoms with Crippen molar-refractivity contribution in [3.05, 3.63) is 60.0 Å². The van der Waals surface area contributed by atoms with Gasteiger partial charge >= 0.3 is 12.1 Å². The van der Waals surface area contributed by atoms with Crippen molar-refractivity contribution in [3.8, 4) is 17.1 Å². The molecule has 1 unspecified atom stereocenters. The Bertz CT molecular complexity index is 1240. The normalized spacial score (nSPS) is 15.8. The monoisotopic (exact) mass is 465 g/mol. The summed E-state index contributed by atoms with van der Waals surface area (Å²) >= 11 is 0. The van der Waals surface area contributed by atoms with Gasteiger partial charge in [-0.2, -0.15) is 22.5 Å². The van der Waals surface area contributed by atoms with Crippen LogP contribution in [0.5, 0.6) is 5.75 Å². The van der Waals surface area contributed by atoms with Crippen LogP contribution in [0.15, 0.2) is 62.3 Å². The zero-order chi connectivity index (χ0) is 22.9. The van der Waals surface area contributed by atoms with Crippen molar-refractivity contribution in [2.45, 2.75) is 23.9 Å². The topological polar surface area (TPSA) is 94.7 Å². The Morgan fingerprint density at radius 3 is 2.34 bits per heavy atom. The summed E-state index contributed by atoms with van der Waals surface area (Å²) in [5.74, 6) is -1.26. The van der Waals surface area contributed by atoms with E-state index in [-0.39, 0.29) is 28.6 Å². The number of rotatable bonds is 6. The predicted molar refractivity (Wildman–Crippen MR) is 108 cm³/mol. The number of methoxy groups -OCH3 is 1. The highest BCUT2D eigenvalue weighted by Gasteiger charge is 2.38. The van der Waals surface area contributed by atoms with Crippen LogP contribution >= 0.6 is 0 Å². The standard InChI is InChI=1S/C21H18F3N3O4S/c1-30-16-8-10-17(11-9-16)32(29,12-13-2-3-13)27-19(28)15-6-4-14(5-7-15)18-25-20(31-26-18)21(22,23)24/h4-11,13H,2-3,12H2,1H3. The van der Waals surface area contributed by atoms with Gasteiger partial charge in [-0.1, -0.05) is 17.3 Å². The third-order valence-corrected chi connectivity index (χ3v) is 7.27. The summed E-state index contributed by atoms with van der Waals surface area (Å²) in [6, 6.07) is 12.1. The molecule has 0 radical (unpaired) electrons. The highest BCUT2D eigenvalue weighted by atomic mass is 32.2. The smallest absolute Gasteiger partial charge is 0.471 e. The van der Waals surface area contributed by atoms with Crippen LogP contribution < -0.4 is 4.74 Å². The van der Waals surface area contributed by atoms with E-state index in [9.17, 15) is 22.2 Å². The third-order valence-electron chi connectivity index (χ3n) is 4.88. The number of hydrogen-bond acceptors (Lipinski definition) is 6. The zero-order valence-corrected chi connectivity index (χ0v) is 17.7. The van der Waals surface area contributed by atoms with Crippen molar-refractivity contribution in [1.82, 2.24) is 10.1 Å². The van der Waals surface area contributed by atoms with Gasteiger partial charge < -0.3 is 9.26 Å². The largest absolute Gasteiger partial charge is 0.497 e. The first-order valence-corrected chi connectivity index (χ1v) is 11.3. The van der Waals surface area contributed by atoms with Crippen LogP contribution in [0, 0.1) is 5.92 Å².